The van der Waals surface area contributed by atoms with Gasteiger partial charge in [-0.05, 0) is 79.8 Å². The topological polar surface area (TPSA) is 134 Å². The van der Waals surface area contributed by atoms with Crippen LogP contribution in [0.2, 0.25) is 0 Å². The first-order valence-corrected chi connectivity index (χ1v) is 20.3. The van der Waals surface area contributed by atoms with Crippen LogP contribution in [0.25, 0.3) is 0 Å². The molecule has 2 aromatic heterocycles. The van der Waals surface area contributed by atoms with Gasteiger partial charge >= 0.3 is 23.3 Å². The fourth-order valence-electron chi connectivity index (χ4n) is 6.59. The number of carbonyl (C=O) groups is 2. The highest BCUT2D eigenvalue weighted by molar-refractivity contribution is 6.28. The van der Waals surface area contributed by atoms with Gasteiger partial charge in [-0.2, -0.15) is 0 Å². The summed E-state index contributed by atoms with van der Waals surface area (Å²) in [5, 5.41) is 21.4. The minimum absolute atomic E-state index is 0.159. The third kappa shape index (κ3) is 13.4. The summed E-state index contributed by atoms with van der Waals surface area (Å²) in [5.41, 5.74) is 3.87. The first kappa shape index (κ1) is 46.0. The molecule has 0 aliphatic heterocycles. The number of pyridine rings is 2. The maximum absolute atomic E-state index is 12.0. The Bertz CT molecular complexity index is 2160. The van der Waals surface area contributed by atoms with Crippen LogP contribution >= 0.6 is 0 Å². The normalized spacial score (nSPS) is 10.5. The molecule has 62 heavy (non-hydrogen) atoms. The molecule has 0 radical (unpaired) electrons. The fraction of sp³-hybridized carbons (Fsp3) is 0.160. The summed E-state index contributed by atoms with van der Waals surface area (Å²) in [5.74, 6) is 0.120. The third-order valence-corrected chi connectivity index (χ3v) is 9.26. The second-order valence-electron chi connectivity index (χ2n) is 13.3. The van der Waals surface area contributed by atoms with Crippen molar-refractivity contribution in [3.05, 3.63) is 229 Å². The van der Waals surface area contributed by atoms with Crippen LogP contribution in [-0.2, 0) is 10.1 Å². The van der Waals surface area contributed by atoms with Crippen molar-refractivity contribution in [2.24, 2.45) is 0 Å². The van der Waals surface area contributed by atoms with E-state index in [4.69, 9.17) is 23.8 Å². The van der Waals surface area contributed by atoms with Gasteiger partial charge in [-0.25, -0.2) is 9.59 Å². The zero-order valence-corrected chi connectivity index (χ0v) is 34.7. The average molecular weight is 833 g/mol. The van der Waals surface area contributed by atoms with Gasteiger partial charge in [0.15, 0.2) is 13.2 Å². The molecule has 0 N–H and O–H groups in total. The molecule has 316 valence electrons. The molecule has 7 aromatic rings. The molecule has 0 unspecified atom stereocenters. The van der Waals surface area contributed by atoms with E-state index >= 15 is 0 Å². The van der Waals surface area contributed by atoms with E-state index in [0.717, 1.165) is 6.42 Å². The summed E-state index contributed by atoms with van der Waals surface area (Å²) in [6.45, 7) is 4.81. The lowest BCUT2D eigenvalue weighted by Crippen LogP contribution is -2.48. The Balaban J connectivity index is 0.000000181. The van der Waals surface area contributed by atoms with Gasteiger partial charge in [0, 0.05) is 45.7 Å². The van der Waals surface area contributed by atoms with Crippen LogP contribution in [0, 0.1) is 0 Å². The summed E-state index contributed by atoms with van der Waals surface area (Å²) in [7, 11) is -2.23. The number of esters is 2. The largest absolute Gasteiger partial charge is 0.871 e. The molecular weight excluding hydrogens is 783 g/mol. The summed E-state index contributed by atoms with van der Waals surface area (Å²) >= 11 is 0. The van der Waals surface area contributed by atoms with Gasteiger partial charge in [0.2, 0.25) is 12.4 Å². The molecule has 0 amide bonds. The second kappa shape index (κ2) is 24.8. The number of benzene rings is 5. The SMILES string of the molecule is CCO[n+]1ccccc1C(=O)Oc1ccccc1.CCO[n+]1ccccc1C(=O)Oc1ccccc1.[O-]B([O-])OCCCC(c1ccccc1)(c1ccccc1)c1ccccc1. The van der Waals surface area contributed by atoms with Crippen molar-refractivity contribution in [2.45, 2.75) is 32.1 Å². The lowest BCUT2D eigenvalue weighted by molar-refractivity contribution is -0.892. The Labute approximate surface area is 363 Å². The maximum Gasteiger partial charge on any atom is 0.414 e. The first-order valence-electron chi connectivity index (χ1n) is 20.3. The lowest BCUT2D eigenvalue weighted by atomic mass is 9.67. The number of carbonyl (C=O) groups excluding carboxylic acids is 2. The van der Waals surface area contributed by atoms with E-state index in [-0.39, 0.29) is 12.0 Å². The van der Waals surface area contributed by atoms with E-state index in [1.807, 2.05) is 105 Å². The van der Waals surface area contributed by atoms with E-state index in [1.54, 1.807) is 73.1 Å². The molecule has 5 aromatic carbocycles. The van der Waals surface area contributed by atoms with Crippen molar-refractivity contribution < 1.29 is 52.9 Å². The van der Waals surface area contributed by atoms with Gasteiger partial charge in [0.05, 0.1) is 7.32 Å². The smallest absolute Gasteiger partial charge is 0.414 e. The summed E-state index contributed by atoms with van der Waals surface area (Å²) in [4.78, 5) is 34.6. The quantitative estimate of drug-likeness (QED) is 0.0296. The Kier molecular flexibility index (Phi) is 18.4. The first-order chi connectivity index (χ1) is 30.3. The second-order valence-corrected chi connectivity index (χ2v) is 13.3. The molecule has 0 atom stereocenters. The predicted octanol–water partition coefficient (Wildman–Crippen LogP) is 5.81. The van der Waals surface area contributed by atoms with Crippen molar-refractivity contribution in [3.8, 4) is 11.5 Å². The Hall–Kier alpha value is -7.12. The molecule has 11 nitrogen and oxygen atoms in total. The molecule has 12 heteroatoms. The summed E-state index contributed by atoms with van der Waals surface area (Å²) < 4.78 is 18.0. The fourth-order valence-corrected chi connectivity index (χ4v) is 6.59. The number of rotatable bonds is 16. The molecule has 0 bridgehead atoms. The molecule has 0 saturated heterocycles. The molecule has 0 fully saturated rings. The molecule has 0 aliphatic carbocycles. The van der Waals surface area contributed by atoms with E-state index in [2.05, 4.69) is 36.4 Å². The number of aromatic nitrogens is 2. The van der Waals surface area contributed by atoms with Crippen LogP contribution in [-0.4, -0.2) is 39.1 Å². The highest BCUT2D eigenvalue weighted by atomic mass is 16.7. The minimum Gasteiger partial charge on any atom is -0.871 e. The van der Waals surface area contributed by atoms with E-state index in [0.29, 0.717) is 42.5 Å². The molecular formula is C50H49BN2O9. The zero-order valence-electron chi connectivity index (χ0n) is 34.7. The van der Waals surface area contributed by atoms with E-state index < -0.39 is 19.3 Å². The third-order valence-electron chi connectivity index (χ3n) is 9.26. The average Bonchev–Trinajstić information content (AvgIpc) is 3.31. The number of para-hydroxylation sites is 2. The van der Waals surface area contributed by atoms with Crippen LogP contribution in [0.15, 0.2) is 200 Å². The highest BCUT2D eigenvalue weighted by Gasteiger charge is 2.35. The van der Waals surface area contributed by atoms with Gasteiger partial charge in [0.1, 0.15) is 11.5 Å². The highest BCUT2D eigenvalue weighted by Crippen LogP contribution is 2.43. The van der Waals surface area contributed by atoms with Crippen molar-refractivity contribution in [3.63, 3.8) is 0 Å². The molecule has 2 heterocycles. The van der Waals surface area contributed by atoms with Gasteiger partial charge in [-0.1, -0.05) is 127 Å². The molecule has 0 saturated carbocycles. The minimum atomic E-state index is -2.23. The lowest BCUT2D eigenvalue weighted by Gasteiger charge is -2.37. The zero-order chi connectivity index (χ0) is 43.8. The number of ether oxygens (including phenoxy) is 2. The summed E-state index contributed by atoms with van der Waals surface area (Å²) in [6.07, 6.45) is 4.69. The van der Waals surface area contributed by atoms with Crippen LogP contribution in [0.3, 0.4) is 0 Å². The predicted molar refractivity (Wildman–Crippen MR) is 230 cm³/mol. The Morgan fingerprint density at radius 2 is 0.839 bits per heavy atom. The van der Waals surface area contributed by atoms with Gasteiger partial charge in [-0.3, -0.25) is 9.68 Å². The van der Waals surface area contributed by atoms with Crippen LogP contribution < -0.4 is 38.7 Å². The molecule has 7 rings (SSSR count). The van der Waals surface area contributed by atoms with Crippen molar-refractivity contribution in [1.29, 1.82) is 0 Å². The number of nitrogens with zero attached hydrogens (tertiary/aromatic N) is 2. The van der Waals surface area contributed by atoms with Crippen molar-refractivity contribution >= 4 is 19.3 Å². The molecule has 0 aliphatic rings. The van der Waals surface area contributed by atoms with Crippen LogP contribution in [0.1, 0.15) is 64.4 Å². The van der Waals surface area contributed by atoms with E-state index in [9.17, 15) is 19.6 Å². The van der Waals surface area contributed by atoms with Crippen molar-refractivity contribution in [1.82, 2.24) is 0 Å². The van der Waals surface area contributed by atoms with Gasteiger partial charge < -0.3 is 24.2 Å². The molecule has 0 spiro atoms. The van der Waals surface area contributed by atoms with Crippen LogP contribution in [0.5, 0.6) is 11.5 Å². The van der Waals surface area contributed by atoms with Gasteiger partial charge in [0.25, 0.3) is 0 Å². The monoisotopic (exact) mass is 832 g/mol. The van der Waals surface area contributed by atoms with Gasteiger partial charge in [-0.15, -0.1) is 0 Å². The van der Waals surface area contributed by atoms with Crippen molar-refractivity contribution in [2.75, 3.05) is 19.8 Å². The van der Waals surface area contributed by atoms with E-state index in [1.165, 1.54) is 26.2 Å². The number of hydrogen-bond donors (Lipinski definition) is 0. The maximum atomic E-state index is 12.0. The Morgan fingerprint density at radius 3 is 1.18 bits per heavy atom. The number of hydrogen-bond acceptors (Lipinski definition) is 9. The summed E-state index contributed by atoms with van der Waals surface area (Å²) in [6, 6.07) is 59.3. The standard InChI is InChI=1S/C22H21BO3.2C14H14NO3/c24-23(25)26-18-10-17-22(19-11-4-1-5-12-19,20-13-6-2-7-14-20)21-15-8-3-9-16-21;2*1-2-17-15-11-7-6-10-13(15)14(16)18-12-8-4-3-5-9-12/h1-9,11-16H,10,17-18H2;2*3-11H,2H2,1H3/q-2;2*+1. The Morgan fingerprint density at radius 1 is 0.500 bits per heavy atom. The van der Waals surface area contributed by atoms with Crippen LogP contribution in [0.4, 0.5) is 0 Å².